The van der Waals surface area contributed by atoms with Crippen LogP contribution in [0.3, 0.4) is 0 Å². The van der Waals surface area contributed by atoms with Gasteiger partial charge in [0, 0.05) is 40.4 Å². The minimum Gasteiger partial charge on any atom is -0.486 e. The van der Waals surface area contributed by atoms with E-state index >= 15 is 0 Å². The molecule has 1 aromatic heterocycles. The van der Waals surface area contributed by atoms with Crippen molar-refractivity contribution >= 4 is 28.0 Å². The predicted octanol–water partition coefficient (Wildman–Crippen LogP) is 5.91. The Morgan fingerprint density at radius 2 is 1.68 bits per heavy atom. The van der Waals surface area contributed by atoms with Crippen LogP contribution >= 0.6 is 11.3 Å². The molecule has 1 fully saturated rings. The average molecular weight is 545 g/mol. The van der Waals surface area contributed by atoms with Gasteiger partial charge in [0.2, 0.25) is 0 Å². The Balaban J connectivity index is 1.11. The number of benzene rings is 3. The van der Waals surface area contributed by atoms with Gasteiger partial charge >= 0.3 is 0 Å². The summed E-state index contributed by atoms with van der Waals surface area (Å²) in [7, 11) is -1.20. The van der Waals surface area contributed by atoms with Crippen molar-refractivity contribution in [2.24, 2.45) is 0 Å². The van der Waals surface area contributed by atoms with Crippen molar-refractivity contribution in [3.8, 4) is 22.8 Å². The maximum Gasteiger partial charge on any atom is 0.254 e. The van der Waals surface area contributed by atoms with Crippen molar-refractivity contribution < 1.29 is 18.5 Å². The highest BCUT2D eigenvalue weighted by molar-refractivity contribution is 7.84. The van der Waals surface area contributed by atoms with Gasteiger partial charge in [-0.05, 0) is 54.8 Å². The molecule has 1 amide bonds. The number of hydrogen-bond acceptors (Lipinski definition) is 6. The minimum absolute atomic E-state index is 0.0141. The van der Waals surface area contributed by atoms with Crippen molar-refractivity contribution in [1.82, 2.24) is 9.88 Å². The van der Waals surface area contributed by atoms with Crippen LogP contribution in [0.15, 0.2) is 83.1 Å². The first-order valence-electron chi connectivity index (χ1n) is 12.8. The van der Waals surface area contributed by atoms with Crippen molar-refractivity contribution in [3.05, 3.63) is 94.3 Å². The van der Waals surface area contributed by atoms with Gasteiger partial charge in [-0.3, -0.25) is 9.00 Å². The fourth-order valence-corrected chi connectivity index (χ4v) is 7.12. The van der Waals surface area contributed by atoms with Gasteiger partial charge in [0.15, 0.2) is 11.5 Å². The number of carbonyl (C=O) groups excluding carboxylic acids is 1. The summed E-state index contributed by atoms with van der Waals surface area (Å²) in [5.74, 6) is 2.21. The molecule has 6 nitrogen and oxygen atoms in total. The Morgan fingerprint density at radius 1 is 0.947 bits per heavy atom. The average Bonchev–Trinajstić information content (AvgIpc) is 3.48. The number of ether oxygens (including phenoxy) is 2. The van der Waals surface area contributed by atoms with E-state index in [1.54, 1.807) is 11.3 Å². The Morgan fingerprint density at radius 3 is 2.50 bits per heavy atom. The van der Waals surface area contributed by atoms with Crippen LogP contribution in [0.25, 0.3) is 11.3 Å². The van der Waals surface area contributed by atoms with Crippen LogP contribution in [0.4, 0.5) is 0 Å². The lowest BCUT2D eigenvalue weighted by Crippen LogP contribution is -2.38. The molecule has 4 aromatic rings. The summed E-state index contributed by atoms with van der Waals surface area (Å²) in [5.41, 5.74) is 3.44. The SMILES string of the molecule is O=C(c1ccccc1CS(=O)c1ccccc1)N1CCC(c2nc(-c3ccc4c(c3)OCCO4)cs2)CC1. The second-order valence-corrected chi connectivity index (χ2v) is 11.8. The topological polar surface area (TPSA) is 68.7 Å². The molecular weight excluding hydrogens is 516 g/mol. The first-order chi connectivity index (χ1) is 18.7. The van der Waals surface area contributed by atoms with E-state index in [1.807, 2.05) is 77.7 Å². The number of fused-ring (bicyclic) bond motifs is 1. The molecule has 0 bridgehead atoms. The molecule has 1 atom stereocenters. The molecule has 0 radical (unpaired) electrons. The van der Waals surface area contributed by atoms with Crippen molar-refractivity contribution in [1.29, 1.82) is 0 Å². The second-order valence-electron chi connectivity index (χ2n) is 9.46. The summed E-state index contributed by atoms with van der Waals surface area (Å²) >= 11 is 1.68. The second kappa shape index (κ2) is 11.1. The number of thiazole rings is 1. The van der Waals surface area contributed by atoms with Gasteiger partial charge in [-0.25, -0.2) is 4.98 Å². The summed E-state index contributed by atoms with van der Waals surface area (Å²) in [4.78, 5) is 21.1. The Labute approximate surface area is 228 Å². The number of amides is 1. The Kier molecular flexibility index (Phi) is 7.25. The third-order valence-corrected chi connectivity index (χ3v) is 9.41. The summed E-state index contributed by atoms with van der Waals surface area (Å²) in [6.07, 6.45) is 1.75. The predicted molar refractivity (Wildman–Crippen MR) is 149 cm³/mol. The zero-order valence-corrected chi connectivity index (χ0v) is 22.5. The largest absolute Gasteiger partial charge is 0.486 e. The van der Waals surface area contributed by atoms with Gasteiger partial charge in [0.25, 0.3) is 5.91 Å². The molecular formula is C30H28N2O4S2. The molecule has 0 N–H and O–H groups in total. The third kappa shape index (κ3) is 5.24. The molecule has 1 saturated heterocycles. The highest BCUT2D eigenvalue weighted by Crippen LogP contribution is 2.37. The lowest BCUT2D eigenvalue weighted by molar-refractivity contribution is 0.0712. The van der Waals surface area contributed by atoms with Gasteiger partial charge in [-0.15, -0.1) is 11.3 Å². The number of nitrogens with zero attached hydrogens (tertiary/aromatic N) is 2. The molecule has 0 saturated carbocycles. The number of hydrogen-bond donors (Lipinski definition) is 0. The van der Waals surface area contributed by atoms with E-state index in [-0.39, 0.29) is 5.91 Å². The van der Waals surface area contributed by atoms with E-state index < -0.39 is 10.8 Å². The van der Waals surface area contributed by atoms with Crippen LogP contribution in [0.2, 0.25) is 0 Å². The molecule has 38 heavy (non-hydrogen) atoms. The first kappa shape index (κ1) is 24.8. The van der Waals surface area contributed by atoms with E-state index in [2.05, 4.69) is 5.38 Å². The number of rotatable bonds is 6. The van der Waals surface area contributed by atoms with Crippen LogP contribution < -0.4 is 9.47 Å². The molecule has 3 heterocycles. The van der Waals surface area contributed by atoms with E-state index in [9.17, 15) is 9.00 Å². The number of carbonyl (C=O) groups is 1. The van der Waals surface area contributed by atoms with Crippen LogP contribution in [-0.2, 0) is 16.6 Å². The maximum absolute atomic E-state index is 13.5. The Hall–Kier alpha value is -3.49. The zero-order valence-electron chi connectivity index (χ0n) is 20.9. The molecule has 3 aromatic carbocycles. The monoisotopic (exact) mass is 544 g/mol. The quantitative estimate of drug-likeness (QED) is 0.302. The first-order valence-corrected chi connectivity index (χ1v) is 15.0. The standard InChI is InChI=1S/C30H28N2O4S2/c33-30(25-9-5-4-6-23(25)20-38(34)24-7-2-1-3-8-24)32-14-12-21(13-15-32)29-31-26(19-37-29)22-10-11-27-28(18-22)36-17-16-35-27/h1-11,18-19,21H,12-17,20H2. The summed E-state index contributed by atoms with van der Waals surface area (Å²) in [5, 5.41) is 3.21. The van der Waals surface area contributed by atoms with Gasteiger partial charge in [0.1, 0.15) is 13.2 Å². The molecule has 194 valence electrons. The van der Waals surface area contributed by atoms with Crippen molar-refractivity contribution in [3.63, 3.8) is 0 Å². The maximum atomic E-state index is 13.5. The minimum atomic E-state index is -1.20. The summed E-state index contributed by atoms with van der Waals surface area (Å²) in [6.45, 7) is 2.50. The normalized spacial score (nSPS) is 16.3. The highest BCUT2D eigenvalue weighted by atomic mass is 32.2. The molecule has 1 unspecified atom stereocenters. The fourth-order valence-electron chi connectivity index (χ4n) is 4.96. The van der Waals surface area contributed by atoms with Crippen LogP contribution in [0, 0.1) is 0 Å². The molecule has 0 aliphatic carbocycles. The van der Waals surface area contributed by atoms with Gasteiger partial charge in [-0.2, -0.15) is 0 Å². The third-order valence-electron chi connectivity index (χ3n) is 7.03. The van der Waals surface area contributed by atoms with E-state index in [1.165, 1.54) is 0 Å². The lowest BCUT2D eigenvalue weighted by Gasteiger charge is -2.31. The molecule has 2 aliphatic rings. The van der Waals surface area contributed by atoms with Gasteiger partial charge < -0.3 is 14.4 Å². The van der Waals surface area contributed by atoms with Crippen molar-refractivity contribution in [2.75, 3.05) is 26.3 Å². The number of aromatic nitrogens is 1. The van der Waals surface area contributed by atoms with E-state index in [0.29, 0.717) is 43.5 Å². The lowest BCUT2D eigenvalue weighted by atomic mass is 9.96. The van der Waals surface area contributed by atoms with Crippen LogP contribution in [-0.4, -0.2) is 46.3 Å². The van der Waals surface area contributed by atoms with E-state index in [0.717, 1.165) is 51.1 Å². The molecule has 8 heteroatoms. The fraction of sp³-hybridized carbons (Fsp3) is 0.267. The molecule has 0 spiro atoms. The van der Waals surface area contributed by atoms with Crippen LogP contribution in [0.1, 0.15) is 39.7 Å². The Bertz CT molecular complexity index is 1460. The smallest absolute Gasteiger partial charge is 0.254 e. The van der Waals surface area contributed by atoms with Gasteiger partial charge in [-0.1, -0.05) is 36.4 Å². The van der Waals surface area contributed by atoms with Gasteiger partial charge in [0.05, 0.1) is 27.3 Å². The molecule has 6 rings (SSSR count). The van der Waals surface area contributed by atoms with Crippen molar-refractivity contribution in [2.45, 2.75) is 29.4 Å². The summed E-state index contributed by atoms with van der Waals surface area (Å²) < 4.78 is 24.3. The molecule has 2 aliphatic heterocycles. The summed E-state index contributed by atoms with van der Waals surface area (Å²) in [6, 6.07) is 22.9. The zero-order chi connectivity index (χ0) is 25.9. The van der Waals surface area contributed by atoms with Crippen LogP contribution in [0.5, 0.6) is 11.5 Å². The number of likely N-dealkylation sites (tertiary alicyclic amines) is 1. The number of piperidine rings is 1. The van der Waals surface area contributed by atoms with E-state index in [4.69, 9.17) is 14.5 Å². The highest BCUT2D eigenvalue weighted by Gasteiger charge is 2.28.